The lowest BCUT2D eigenvalue weighted by Crippen LogP contribution is -2.41. The van der Waals surface area contributed by atoms with Crippen LogP contribution in [0.15, 0.2) is 48.5 Å². The number of carbonyl (C=O) groups is 1. The van der Waals surface area contributed by atoms with Crippen molar-refractivity contribution in [3.8, 4) is 0 Å². The predicted octanol–water partition coefficient (Wildman–Crippen LogP) is 2.13. The van der Waals surface area contributed by atoms with E-state index in [2.05, 4.69) is 5.32 Å². The summed E-state index contributed by atoms with van der Waals surface area (Å²) in [6.45, 7) is 2.02. The van der Waals surface area contributed by atoms with Crippen LogP contribution in [0.5, 0.6) is 0 Å². The van der Waals surface area contributed by atoms with Crippen LogP contribution >= 0.6 is 0 Å². The third kappa shape index (κ3) is 2.02. The molecule has 1 atom stereocenters. The quantitative estimate of drug-likeness (QED) is 0.861. The van der Waals surface area contributed by atoms with Gasteiger partial charge in [0.1, 0.15) is 0 Å². The number of nitrogens with one attached hydrogen (secondary N) is 1. The average molecular weight is 253 g/mol. The van der Waals surface area contributed by atoms with E-state index in [-0.39, 0.29) is 5.91 Å². The van der Waals surface area contributed by atoms with Crippen molar-refractivity contribution in [2.45, 2.75) is 19.1 Å². The Morgan fingerprint density at radius 2 is 1.79 bits per heavy atom. The van der Waals surface area contributed by atoms with Gasteiger partial charge in [-0.25, -0.2) is 0 Å². The van der Waals surface area contributed by atoms with Gasteiger partial charge >= 0.3 is 0 Å². The van der Waals surface area contributed by atoms with Crippen molar-refractivity contribution >= 4 is 5.91 Å². The number of aryl methyl sites for hydroxylation is 1. The monoisotopic (exact) mass is 253 g/mol. The standard InChI is InChI=1S/C16H15NO2/c1-11-6-8-12(9-7-11)10-16(19)14-5-3-2-4-13(14)15(18)17-16/h2-9,19H,10H2,1H3,(H,17,18). The first-order chi connectivity index (χ1) is 9.08. The van der Waals surface area contributed by atoms with Crippen LogP contribution in [-0.4, -0.2) is 11.0 Å². The molecule has 0 aromatic heterocycles. The third-order valence-corrected chi connectivity index (χ3v) is 3.52. The van der Waals surface area contributed by atoms with Crippen molar-refractivity contribution in [3.05, 3.63) is 70.8 Å². The average Bonchev–Trinajstić information content (AvgIpc) is 2.65. The highest BCUT2D eigenvalue weighted by molar-refractivity contribution is 5.99. The molecule has 0 saturated heterocycles. The summed E-state index contributed by atoms with van der Waals surface area (Å²) >= 11 is 0. The fourth-order valence-electron chi connectivity index (χ4n) is 2.51. The lowest BCUT2D eigenvalue weighted by atomic mass is 9.95. The Morgan fingerprint density at radius 1 is 1.11 bits per heavy atom. The van der Waals surface area contributed by atoms with Gasteiger partial charge in [0, 0.05) is 17.5 Å². The van der Waals surface area contributed by atoms with Crippen LogP contribution in [0.3, 0.4) is 0 Å². The maximum atomic E-state index is 11.9. The Bertz CT molecular complexity index is 633. The van der Waals surface area contributed by atoms with Gasteiger partial charge in [-0.2, -0.15) is 0 Å². The van der Waals surface area contributed by atoms with Gasteiger partial charge in [0.05, 0.1) is 0 Å². The van der Waals surface area contributed by atoms with Crippen molar-refractivity contribution < 1.29 is 9.90 Å². The van der Waals surface area contributed by atoms with Crippen LogP contribution in [-0.2, 0) is 12.1 Å². The smallest absolute Gasteiger partial charge is 0.254 e. The number of fused-ring (bicyclic) bond motifs is 1. The fraction of sp³-hybridized carbons (Fsp3) is 0.188. The van der Waals surface area contributed by atoms with Gasteiger partial charge < -0.3 is 10.4 Å². The molecule has 19 heavy (non-hydrogen) atoms. The first kappa shape index (κ1) is 11.9. The Kier molecular flexibility index (Phi) is 2.64. The summed E-state index contributed by atoms with van der Waals surface area (Å²) < 4.78 is 0. The molecule has 3 rings (SSSR count). The second kappa shape index (κ2) is 4.21. The third-order valence-electron chi connectivity index (χ3n) is 3.52. The topological polar surface area (TPSA) is 49.3 Å². The van der Waals surface area contributed by atoms with Crippen molar-refractivity contribution in [2.75, 3.05) is 0 Å². The highest BCUT2D eigenvalue weighted by Gasteiger charge is 2.40. The minimum absolute atomic E-state index is 0.217. The summed E-state index contributed by atoms with van der Waals surface area (Å²) in [5, 5.41) is 13.4. The minimum Gasteiger partial charge on any atom is -0.366 e. The van der Waals surface area contributed by atoms with Crippen LogP contribution < -0.4 is 5.32 Å². The number of rotatable bonds is 2. The van der Waals surface area contributed by atoms with E-state index < -0.39 is 5.72 Å². The van der Waals surface area contributed by atoms with Crippen LogP contribution in [0.2, 0.25) is 0 Å². The fourth-order valence-corrected chi connectivity index (χ4v) is 2.51. The molecule has 1 unspecified atom stereocenters. The molecule has 0 fully saturated rings. The summed E-state index contributed by atoms with van der Waals surface area (Å²) in [6.07, 6.45) is 0.371. The van der Waals surface area contributed by atoms with Gasteiger partial charge in [0.2, 0.25) is 0 Å². The second-order valence-electron chi connectivity index (χ2n) is 5.02. The van der Waals surface area contributed by atoms with E-state index in [4.69, 9.17) is 0 Å². The molecule has 2 aromatic rings. The zero-order valence-electron chi connectivity index (χ0n) is 10.7. The number of carbonyl (C=O) groups excluding carboxylic acids is 1. The van der Waals surface area contributed by atoms with Gasteiger partial charge in [0.25, 0.3) is 5.91 Å². The van der Waals surface area contributed by atoms with E-state index in [1.54, 1.807) is 18.2 Å². The highest BCUT2D eigenvalue weighted by Crippen LogP contribution is 2.31. The molecule has 0 saturated carbocycles. The number of benzene rings is 2. The van der Waals surface area contributed by atoms with Gasteiger partial charge in [0.15, 0.2) is 5.72 Å². The zero-order valence-corrected chi connectivity index (χ0v) is 10.7. The van der Waals surface area contributed by atoms with Gasteiger partial charge in [-0.05, 0) is 18.6 Å². The lowest BCUT2D eigenvalue weighted by Gasteiger charge is -2.24. The Labute approximate surface area is 111 Å². The van der Waals surface area contributed by atoms with Crippen molar-refractivity contribution in [2.24, 2.45) is 0 Å². The van der Waals surface area contributed by atoms with Gasteiger partial charge in [-0.15, -0.1) is 0 Å². The maximum Gasteiger partial charge on any atom is 0.254 e. The highest BCUT2D eigenvalue weighted by atomic mass is 16.3. The molecule has 3 heteroatoms. The normalized spacial score (nSPS) is 21.1. The summed E-state index contributed by atoms with van der Waals surface area (Å²) in [4.78, 5) is 11.9. The molecular weight excluding hydrogens is 238 g/mol. The zero-order chi connectivity index (χ0) is 13.5. The molecule has 0 spiro atoms. The predicted molar refractivity (Wildman–Crippen MR) is 72.7 cm³/mol. The number of aliphatic hydroxyl groups is 1. The molecule has 96 valence electrons. The van der Waals surface area contributed by atoms with Crippen LogP contribution in [0.4, 0.5) is 0 Å². The minimum atomic E-state index is -1.30. The van der Waals surface area contributed by atoms with E-state index in [9.17, 15) is 9.90 Å². The lowest BCUT2D eigenvalue weighted by molar-refractivity contribution is 0.0134. The van der Waals surface area contributed by atoms with Crippen molar-refractivity contribution in [1.29, 1.82) is 0 Å². The molecular formula is C16H15NO2. The number of hydrogen-bond acceptors (Lipinski definition) is 2. The summed E-state index contributed by atoms with van der Waals surface area (Å²) in [7, 11) is 0. The molecule has 3 nitrogen and oxygen atoms in total. The molecule has 1 aliphatic rings. The Balaban J connectivity index is 1.97. The second-order valence-corrected chi connectivity index (χ2v) is 5.02. The van der Waals surface area contributed by atoms with E-state index in [0.29, 0.717) is 17.5 Å². The molecule has 1 aliphatic heterocycles. The maximum absolute atomic E-state index is 11.9. The molecule has 0 aliphatic carbocycles. The first-order valence-corrected chi connectivity index (χ1v) is 6.28. The Hall–Kier alpha value is -2.13. The van der Waals surface area contributed by atoms with Gasteiger partial charge in [-0.3, -0.25) is 4.79 Å². The largest absolute Gasteiger partial charge is 0.366 e. The summed E-state index contributed by atoms with van der Waals surface area (Å²) in [5.41, 5.74) is 2.07. The van der Waals surface area contributed by atoms with Crippen LogP contribution in [0, 0.1) is 6.92 Å². The van der Waals surface area contributed by atoms with E-state index in [1.165, 1.54) is 5.56 Å². The van der Waals surface area contributed by atoms with E-state index in [0.717, 1.165) is 5.56 Å². The summed E-state index contributed by atoms with van der Waals surface area (Å²) in [6, 6.07) is 15.1. The number of amides is 1. The van der Waals surface area contributed by atoms with E-state index >= 15 is 0 Å². The Morgan fingerprint density at radius 3 is 2.53 bits per heavy atom. The summed E-state index contributed by atoms with van der Waals surface area (Å²) in [5.74, 6) is -0.217. The molecule has 2 N–H and O–H groups in total. The molecule has 0 radical (unpaired) electrons. The van der Waals surface area contributed by atoms with Crippen LogP contribution in [0.25, 0.3) is 0 Å². The SMILES string of the molecule is Cc1ccc(CC2(O)NC(=O)c3ccccc32)cc1. The molecule has 1 amide bonds. The van der Waals surface area contributed by atoms with E-state index in [1.807, 2.05) is 37.3 Å². The molecule has 2 aromatic carbocycles. The van der Waals surface area contributed by atoms with Gasteiger partial charge in [-0.1, -0.05) is 48.0 Å². The number of hydrogen-bond donors (Lipinski definition) is 2. The molecule has 0 bridgehead atoms. The first-order valence-electron chi connectivity index (χ1n) is 6.28. The van der Waals surface area contributed by atoms with Crippen LogP contribution in [0.1, 0.15) is 27.0 Å². The van der Waals surface area contributed by atoms with Crippen molar-refractivity contribution in [3.63, 3.8) is 0 Å². The van der Waals surface area contributed by atoms with Crippen molar-refractivity contribution in [1.82, 2.24) is 5.32 Å². The molecule has 1 heterocycles.